The zero-order valence-corrected chi connectivity index (χ0v) is 59.0. The van der Waals surface area contributed by atoms with Crippen LogP contribution in [0.1, 0.15) is 26.3 Å². The number of rotatable bonds is 10. The summed E-state index contributed by atoms with van der Waals surface area (Å²) in [6, 6.07) is 139. The Morgan fingerprint density at radius 3 is 1.11 bits per heavy atom. The van der Waals surface area contributed by atoms with E-state index in [1.165, 1.54) is 70.9 Å². The Bertz CT molecular complexity index is 6530. The number of para-hydroxylation sites is 6. The molecule has 21 rings (SSSR count). The predicted octanol–water partition coefficient (Wildman–Crippen LogP) is 24.7. The van der Waals surface area contributed by atoms with Crippen LogP contribution >= 0.6 is 0 Å². The van der Waals surface area contributed by atoms with Crippen molar-refractivity contribution in [3.63, 3.8) is 0 Å². The molecule has 2 aliphatic heterocycles. The summed E-state index contributed by atoms with van der Waals surface area (Å²) < 4.78 is 7.50. The zero-order chi connectivity index (χ0) is 70.3. The average molecular weight is 1350 g/mol. The number of fused-ring (bicyclic) bond motifs is 13. The first-order chi connectivity index (χ1) is 52.2. The van der Waals surface area contributed by atoms with Gasteiger partial charge in [-0.1, -0.05) is 294 Å². The lowest BCUT2D eigenvalue weighted by Gasteiger charge is -2.45. The molecule has 3 aromatic heterocycles. The molecule has 0 fully saturated rings. The maximum atomic E-state index is 2.69. The molecule has 0 radical (unpaired) electrons. The third-order valence-corrected chi connectivity index (χ3v) is 22.5. The number of benzene rings is 16. The van der Waals surface area contributed by atoms with Crippen molar-refractivity contribution in [2.24, 2.45) is 0 Å². The molecule has 6 heteroatoms. The number of hydrogen-bond acceptors (Lipinski definition) is 2. The average Bonchev–Trinajstić information content (AvgIpc) is 0.790. The lowest BCUT2D eigenvalue weighted by atomic mass is 9.33. The Kier molecular flexibility index (Phi) is 13.9. The third kappa shape index (κ3) is 9.64. The molecule has 0 unspecified atom stereocenters. The fourth-order valence-electron chi connectivity index (χ4n) is 17.7. The fraction of sp³-hybridized carbons (Fsp3) is 0.0400. The van der Waals surface area contributed by atoms with Gasteiger partial charge in [0, 0.05) is 83.3 Å². The highest BCUT2D eigenvalue weighted by atomic mass is 15.2. The third-order valence-electron chi connectivity index (χ3n) is 22.5. The van der Waals surface area contributed by atoms with Crippen LogP contribution in [-0.4, -0.2) is 20.4 Å². The molecule has 0 saturated carbocycles. The van der Waals surface area contributed by atoms with Crippen molar-refractivity contribution in [2.45, 2.75) is 26.2 Å². The Hall–Kier alpha value is -13.4. The van der Waals surface area contributed by atoms with Gasteiger partial charge >= 0.3 is 0 Å². The second kappa shape index (κ2) is 24.1. The van der Waals surface area contributed by atoms with Gasteiger partial charge in [-0.05, 0) is 169 Å². The smallest absolute Gasteiger partial charge is 0.252 e. The minimum Gasteiger partial charge on any atom is -0.311 e. The number of hydrogen-bond donors (Lipinski definition) is 0. The van der Waals surface area contributed by atoms with Gasteiger partial charge in [-0.25, -0.2) is 0 Å². The lowest BCUT2D eigenvalue weighted by Crippen LogP contribution is -2.61. The minimum atomic E-state index is -0.249. The lowest BCUT2D eigenvalue weighted by molar-refractivity contribution is 0.590. The molecule has 19 aromatic rings. The van der Waals surface area contributed by atoms with E-state index >= 15 is 0 Å². The Morgan fingerprint density at radius 1 is 0.226 bits per heavy atom. The summed E-state index contributed by atoms with van der Waals surface area (Å²) in [5, 5.41) is 7.28. The van der Waals surface area contributed by atoms with Gasteiger partial charge in [0.05, 0.1) is 44.5 Å². The maximum absolute atomic E-state index is 2.69. The van der Waals surface area contributed by atoms with Crippen LogP contribution in [0.25, 0.3) is 138 Å². The quantitative estimate of drug-likeness (QED) is 0.127. The monoisotopic (exact) mass is 1350 g/mol. The van der Waals surface area contributed by atoms with Crippen LogP contribution in [-0.2, 0) is 5.41 Å². The Labute approximate surface area is 616 Å². The SMILES string of the molecule is CC(C)(C)c1cccc(-c2ccc3c(c2)N(c2cc(-c4ccccc4)cc(-c4ccccc4)c2)c2cc(-n4c5ccccc5c5ccccc54)cc4c2B3c2ccc(-n3c5ccccc5c5cc(-n6c7ccccc7c7ccccc76)ccc53)cc2N4c2c(-c3ccccc3)cccc2-c2ccccc2)c1. The summed E-state index contributed by atoms with van der Waals surface area (Å²) in [6.45, 7) is 6.70. The summed E-state index contributed by atoms with van der Waals surface area (Å²) in [5.74, 6) is 0. The number of nitrogens with zero attached hydrogens (tertiary/aromatic N) is 5. The van der Waals surface area contributed by atoms with E-state index in [0.29, 0.717) is 0 Å². The van der Waals surface area contributed by atoms with Gasteiger partial charge in [0.25, 0.3) is 6.71 Å². The molecule has 106 heavy (non-hydrogen) atoms. The Balaban J connectivity index is 0.905. The van der Waals surface area contributed by atoms with Gasteiger partial charge < -0.3 is 23.5 Å². The second-order valence-corrected chi connectivity index (χ2v) is 29.6. The molecule has 0 aliphatic carbocycles. The Morgan fingerprint density at radius 2 is 0.604 bits per heavy atom. The molecular formula is C100H70BN5. The van der Waals surface area contributed by atoms with E-state index in [0.717, 1.165) is 123 Å². The van der Waals surface area contributed by atoms with Crippen molar-refractivity contribution in [2.75, 3.05) is 9.80 Å². The molecule has 0 bridgehead atoms. The molecule has 0 N–H and O–H groups in total. The van der Waals surface area contributed by atoms with E-state index in [4.69, 9.17) is 0 Å². The van der Waals surface area contributed by atoms with Crippen LogP contribution in [0.3, 0.4) is 0 Å². The van der Waals surface area contributed by atoms with Crippen LogP contribution < -0.4 is 26.2 Å². The first-order valence-corrected chi connectivity index (χ1v) is 36.9. The summed E-state index contributed by atoms with van der Waals surface area (Å²) in [4.78, 5) is 5.33. The van der Waals surface area contributed by atoms with E-state index in [1.54, 1.807) is 0 Å². The van der Waals surface area contributed by atoms with Crippen LogP contribution in [0.15, 0.2) is 370 Å². The first-order valence-electron chi connectivity index (χ1n) is 36.9. The van der Waals surface area contributed by atoms with Gasteiger partial charge in [-0.15, -0.1) is 0 Å². The van der Waals surface area contributed by atoms with Crippen LogP contribution in [0.2, 0.25) is 0 Å². The van der Waals surface area contributed by atoms with E-state index in [1.807, 2.05) is 0 Å². The molecule has 0 saturated heterocycles. The van der Waals surface area contributed by atoms with Crippen molar-refractivity contribution in [3.05, 3.63) is 376 Å². The normalized spacial score (nSPS) is 12.6. The molecule has 0 atom stereocenters. The number of aromatic nitrogens is 3. The van der Waals surface area contributed by atoms with Gasteiger partial charge in [-0.2, -0.15) is 0 Å². The minimum absolute atomic E-state index is 0.0633. The molecule has 16 aromatic carbocycles. The van der Waals surface area contributed by atoms with E-state index < -0.39 is 0 Å². The van der Waals surface area contributed by atoms with Gasteiger partial charge in [0.2, 0.25) is 0 Å². The largest absolute Gasteiger partial charge is 0.311 e. The maximum Gasteiger partial charge on any atom is 0.252 e. The molecule has 2 aliphatic rings. The van der Waals surface area contributed by atoms with E-state index in [9.17, 15) is 0 Å². The molecule has 5 nitrogen and oxygen atoms in total. The van der Waals surface area contributed by atoms with Crippen molar-refractivity contribution in [1.29, 1.82) is 0 Å². The zero-order valence-electron chi connectivity index (χ0n) is 59.0. The van der Waals surface area contributed by atoms with Gasteiger partial charge in [0.1, 0.15) is 0 Å². The highest BCUT2D eigenvalue weighted by Crippen LogP contribution is 2.53. The van der Waals surface area contributed by atoms with Crippen LogP contribution in [0, 0.1) is 0 Å². The summed E-state index contributed by atoms with van der Waals surface area (Å²) in [5.41, 5.74) is 33.1. The molecule has 0 amide bonds. The standard InChI is InChI=1S/C100H70BN5/c1-100(2,3)73-37-26-36-69(57-73)70-50-53-86-94(60-70)105(76-58-71(65-28-8-4-9-29-65)56-72(59-76)66-30-10-5-11-31-66)96-63-77(104-90-47-23-18-40-82(90)83-41-19-24-48-91(83)104)64-97-98(96)101(86)87-54-51-75(62-95(87)106(97)99-78(67-32-12-6-13-33-67)43-27-44-79(99)68-34-14-7-15-35-68)103-92-49-25-20-42-84(92)85-61-74(52-55-93(85)103)102-88-45-21-16-38-80(88)81-39-17-22-46-89(81)102/h4-64H,1-3H3. The highest BCUT2D eigenvalue weighted by molar-refractivity contribution is 7.00. The van der Waals surface area contributed by atoms with Crippen molar-refractivity contribution < 1.29 is 0 Å². The van der Waals surface area contributed by atoms with Gasteiger partial charge in [-0.3, -0.25) is 0 Å². The summed E-state index contributed by atoms with van der Waals surface area (Å²) >= 11 is 0. The van der Waals surface area contributed by atoms with Crippen molar-refractivity contribution in [1.82, 2.24) is 13.7 Å². The van der Waals surface area contributed by atoms with Crippen LogP contribution in [0.4, 0.5) is 34.1 Å². The molecule has 5 heterocycles. The van der Waals surface area contributed by atoms with Crippen molar-refractivity contribution in [3.8, 4) is 72.7 Å². The van der Waals surface area contributed by atoms with E-state index in [-0.39, 0.29) is 12.1 Å². The summed E-state index contributed by atoms with van der Waals surface area (Å²) in [6.07, 6.45) is 0. The van der Waals surface area contributed by atoms with E-state index in [2.05, 4.69) is 414 Å². The molecule has 498 valence electrons. The molecular weight excluding hydrogens is 1280 g/mol. The van der Waals surface area contributed by atoms with Crippen molar-refractivity contribution >= 4 is 123 Å². The summed E-state index contributed by atoms with van der Waals surface area (Å²) in [7, 11) is 0. The molecule has 0 spiro atoms. The van der Waals surface area contributed by atoms with Crippen LogP contribution in [0.5, 0.6) is 0 Å². The topological polar surface area (TPSA) is 21.3 Å². The first kappa shape index (κ1) is 61.3. The predicted molar refractivity (Wildman–Crippen MR) is 449 cm³/mol. The fourth-order valence-corrected chi connectivity index (χ4v) is 17.7. The highest BCUT2D eigenvalue weighted by Gasteiger charge is 2.45. The van der Waals surface area contributed by atoms with Gasteiger partial charge in [0.15, 0.2) is 0 Å². The number of anilines is 6. The second-order valence-electron chi connectivity index (χ2n) is 29.6.